The van der Waals surface area contributed by atoms with E-state index in [1.807, 2.05) is 30.3 Å². The van der Waals surface area contributed by atoms with Crippen LogP contribution in [0.15, 0.2) is 30.3 Å². The second-order valence-electron chi connectivity index (χ2n) is 6.98. The molecule has 0 spiro atoms. The number of esters is 1. The minimum Gasteiger partial charge on any atom is -0.496 e. The SMILES string of the molecule is COc1ccccc1CNC(=O)[C@@H](C)OC(=O)c1cc2c(s1)CC[C@@H](C)C2. The van der Waals surface area contributed by atoms with Crippen LogP contribution in [0.5, 0.6) is 5.75 Å². The molecule has 1 amide bonds. The monoisotopic (exact) mass is 387 g/mol. The van der Waals surface area contributed by atoms with Gasteiger partial charge in [0.25, 0.3) is 5.91 Å². The van der Waals surface area contributed by atoms with Gasteiger partial charge in [-0.05, 0) is 49.8 Å². The number of amides is 1. The van der Waals surface area contributed by atoms with Crippen molar-refractivity contribution in [2.24, 2.45) is 5.92 Å². The predicted octanol–water partition coefficient (Wildman–Crippen LogP) is 3.74. The fourth-order valence-corrected chi connectivity index (χ4v) is 4.34. The van der Waals surface area contributed by atoms with Crippen molar-refractivity contribution < 1.29 is 19.1 Å². The van der Waals surface area contributed by atoms with Gasteiger partial charge >= 0.3 is 5.97 Å². The minimum absolute atomic E-state index is 0.315. The summed E-state index contributed by atoms with van der Waals surface area (Å²) < 4.78 is 10.6. The van der Waals surface area contributed by atoms with Crippen LogP contribution in [0.2, 0.25) is 0 Å². The first-order chi connectivity index (χ1) is 13.0. The number of aryl methyl sites for hydroxylation is 1. The zero-order valence-corrected chi connectivity index (χ0v) is 16.7. The normalized spacial score (nSPS) is 16.9. The van der Waals surface area contributed by atoms with Gasteiger partial charge in [0.15, 0.2) is 6.10 Å². The summed E-state index contributed by atoms with van der Waals surface area (Å²) in [6.45, 7) is 4.13. The molecule has 5 nitrogen and oxygen atoms in total. The molecule has 3 rings (SSSR count). The average molecular weight is 388 g/mol. The summed E-state index contributed by atoms with van der Waals surface area (Å²) in [6.07, 6.45) is 2.33. The number of ether oxygens (including phenoxy) is 2. The van der Waals surface area contributed by atoms with E-state index in [2.05, 4.69) is 12.2 Å². The Bertz CT molecular complexity index is 829. The van der Waals surface area contributed by atoms with E-state index in [0.29, 0.717) is 23.1 Å². The molecule has 2 atom stereocenters. The lowest BCUT2D eigenvalue weighted by molar-refractivity contribution is -0.129. The number of fused-ring (bicyclic) bond motifs is 1. The number of rotatable bonds is 6. The van der Waals surface area contributed by atoms with Crippen LogP contribution in [-0.4, -0.2) is 25.1 Å². The molecule has 2 aromatic rings. The Labute approximate surface area is 163 Å². The predicted molar refractivity (Wildman–Crippen MR) is 105 cm³/mol. The first kappa shape index (κ1) is 19.4. The number of benzene rings is 1. The largest absolute Gasteiger partial charge is 0.496 e. The molecule has 144 valence electrons. The van der Waals surface area contributed by atoms with Crippen molar-refractivity contribution in [1.29, 1.82) is 0 Å². The van der Waals surface area contributed by atoms with Gasteiger partial charge in [-0.15, -0.1) is 11.3 Å². The number of carbonyl (C=O) groups is 2. The molecular weight excluding hydrogens is 362 g/mol. The second kappa shape index (κ2) is 8.57. The molecule has 0 radical (unpaired) electrons. The number of hydrogen-bond donors (Lipinski definition) is 1. The minimum atomic E-state index is -0.856. The summed E-state index contributed by atoms with van der Waals surface area (Å²) in [5, 5.41) is 2.79. The Morgan fingerprint density at radius 3 is 2.89 bits per heavy atom. The van der Waals surface area contributed by atoms with Gasteiger partial charge in [-0.3, -0.25) is 4.79 Å². The molecule has 0 saturated carbocycles. The average Bonchev–Trinajstić information content (AvgIpc) is 3.09. The Balaban J connectivity index is 1.55. The van der Waals surface area contributed by atoms with Gasteiger partial charge < -0.3 is 14.8 Å². The van der Waals surface area contributed by atoms with Crippen molar-refractivity contribution in [3.8, 4) is 5.75 Å². The molecule has 1 N–H and O–H groups in total. The van der Waals surface area contributed by atoms with E-state index >= 15 is 0 Å². The molecule has 1 aromatic heterocycles. The highest BCUT2D eigenvalue weighted by Crippen LogP contribution is 2.32. The maximum absolute atomic E-state index is 12.4. The summed E-state index contributed by atoms with van der Waals surface area (Å²) in [5.74, 6) is 0.600. The number of nitrogens with one attached hydrogen (secondary N) is 1. The summed E-state index contributed by atoms with van der Waals surface area (Å²) in [6, 6.07) is 9.40. The molecule has 27 heavy (non-hydrogen) atoms. The van der Waals surface area contributed by atoms with Crippen molar-refractivity contribution in [2.45, 2.75) is 45.8 Å². The van der Waals surface area contributed by atoms with Crippen LogP contribution in [0.3, 0.4) is 0 Å². The van der Waals surface area contributed by atoms with Gasteiger partial charge in [-0.25, -0.2) is 4.79 Å². The second-order valence-corrected chi connectivity index (χ2v) is 8.12. The maximum Gasteiger partial charge on any atom is 0.349 e. The summed E-state index contributed by atoms with van der Waals surface area (Å²) in [5.41, 5.74) is 2.12. The Morgan fingerprint density at radius 1 is 1.33 bits per heavy atom. The smallest absolute Gasteiger partial charge is 0.349 e. The molecule has 0 fully saturated rings. The molecule has 1 heterocycles. The van der Waals surface area contributed by atoms with Gasteiger partial charge in [0.1, 0.15) is 10.6 Å². The van der Waals surface area contributed by atoms with Gasteiger partial charge in [0, 0.05) is 17.0 Å². The third-order valence-corrected chi connectivity index (χ3v) is 6.05. The van der Waals surface area contributed by atoms with E-state index in [9.17, 15) is 9.59 Å². The van der Waals surface area contributed by atoms with Crippen molar-refractivity contribution >= 4 is 23.2 Å². The molecule has 1 aromatic carbocycles. The van der Waals surface area contributed by atoms with Crippen molar-refractivity contribution in [2.75, 3.05) is 7.11 Å². The zero-order chi connectivity index (χ0) is 19.4. The summed E-state index contributed by atoms with van der Waals surface area (Å²) in [4.78, 5) is 26.6. The highest BCUT2D eigenvalue weighted by Gasteiger charge is 2.24. The van der Waals surface area contributed by atoms with Crippen molar-refractivity contribution in [3.05, 3.63) is 51.2 Å². The topological polar surface area (TPSA) is 64.6 Å². The lowest BCUT2D eigenvalue weighted by Gasteiger charge is -2.16. The molecule has 1 aliphatic carbocycles. The van der Waals surface area contributed by atoms with Crippen LogP contribution in [0.25, 0.3) is 0 Å². The first-order valence-corrected chi connectivity index (χ1v) is 10.0. The lowest BCUT2D eigenvalue weighted by atomic mass is 9.90. The van der Waals surface area contributed by atoms with Gasteiger partial charge in [-0.1, -0.05) is 25.1 Å². The lowest BCUT2D eigenvalue weighted by Crippen LogP contribution is -2.35. The van der Waals surface area contributed by atoms with Crippen LogP contribution >= 0.6 is 11.3 Å². The third-order valence-electron chi connectivity index (χ3n) is 4.83. The molecule has 1 aliphatic rings. The van der Waals surface area contributed by atoms with E-state index in [1.165, 1.54) is 21.8 Å². The highest BCUT2D eigenvalue weighted by atomic mass is 32.1. The fourth-order valence-electron chi connectivity index (χ4n) is 3.25. The third kappa shape index (κ3) is 4.69. The highest BCUT2D eigenvalue weighted by molar-refractivity contribution is 7.14. The summed E-state index contributed by atoms with van der Waals surface area (Å²) in [7, 11) is 1.59. The fraction of sp³-hybridized carbons (Fsp3) is 0.429. The number of para-hydroxylation sites is 1. The number of hydrogen-bond acceptors (Lipinski definition) is 5. The maximum atomic E-state index is 12.4. The number of methoxy groups -OCH3 is 1. The van der Waals surface area contributed by atoms with E-state index in [0.717, 1.165) is 24.8 Å². The van der Waals surface area contributed by atoms with Crippen molar-refractivity contribution in [3.63, 3.8) is 0 Å². The Morgan fingerprint density at radius 2 is 2.11 bits per heavy atom. The van der Waals surface area contributed by atoms with Crippen LogP contribution < -0.4 is 10.1 Å². The molecule has 0 unspecified atom stereocenters. The number of carbonyl (C=O) groups excluding carboxylic acids is 2. The van der Waals surface area contributed by atoms with Gasteiger partial charge in [0.05, 0.1) is 7.11 Å². The van der Waals surface area contributed by atoms with Gasteiger partial charge in [-0.2, -0.15) is 0 Å². The van der Waals surface area contributed by atoms with Gasteiger partial charge in [0.2, 0.25) is 0 Å². The van der Waals surface area contributed by atoms with Crippen LogP contribution in [-0.2, 0) is 28.9 Å². The molecule has 0 aliphatic heterocycles. The standard InChI is InChI=1S/C21H25NO4S/c1-13-8-9-18-16(10-13)11-19(27-18)21(24)26-14(2)20(23)22-12-15-6-4-5-7-17(15)25-3/h4-7,11,13-14H,8-10,12H2,1-3H3,(H,22,23)/t13-,14-/m1/s1. The Kier molecular flexibility index (Phi) is 6.16. The first-order valence-electron chi connectivity index (χ1n) is 9.20. The molecular formula is C21H25NO4S. The molecule has 0 bridgehead atoms. The van der Waals surface area contributed by atoms with E-state index in [-0.39, 0.29) is 5.91 Å². The molecule has 0 saturated heterocycles. The quantitative estimate of drug-likeness (QED) is 0.767. The van der Waals surface area contributed by atoms with E-state index in [1.54, 1.807) is 14.0 Å². The van der Waals surface area contributed by atoms with Crippen LogP contribution in [0.4, 0.5) is 0 Å². The summed E-state index contributed by atoms with van der Waals surface area (Å²) >= 11 is 1.49. The van der Waals surface area contributed by atoms with Crippen molar-refractivity contribution in [1.82, 2.24) is 5.32 Å². The van der Waals surface area contributed by atoms with E-state index in [4.69, 9.17) is 9.47 Å². The Hall–Kier alpha value is -2.34. The number of thiophene rings is 1. The van der Waals surface area contributed by atoms with Crippen LogP contribution in [0.1, 0.15) is 45.9 Å². The zero-order valence-electron chi connectivity index (χ0n) is 15.9. The van der Waals surface area contributed by atoms with Crippen LogP contribution in [0, 0.1) is 5.92 Å². The van der Waals surface area contributed by atoms with E-state index < -0.39 is 12.1 Å². The molecule has 6 heteroatoms.